The second kappa shape index (κ2) is 10.8. The Labute approximate surface area is 316 Å². The van der Waals surface area contributed by atoms with Crippen LogP contribution in [0.5, 0.6) is 0 Å². The van der Waals surface area contributed by atoms with E-state index in [1.54, 1.807) is 0 Å². The highest BCUT2D eigenvalue weighted by atomic mass is 14.3. The standard InChI is InChI=1S/C54H42/c1-53(2,3)34-20-17-31(18-21-34)36-24-22-35(54(4,5)6)28-46(36)43-26-25-41-37-13-7-8-14-38(37)49-30-47-42(51(43)52(41)49)23-19-33-27-45-39-15-9-11-32-12-10-16-40(50(32)39)48(45)29-44(33)47/h7-30H,1-6H3. The SMILES string of the molecule is CC(C)(C)c1ccc(-c2ccc(C(C)(C)C)cc2-c2ccc3c4ccccc4c4cc5c6cc7c(cc6ccc5c2c34)c2cccc3cccc7c32)cc1. The summed E-state index contributed by atoms with van der Waals surface area (Å²) in [7, 11) is 0. The van der Waals surface area contributed by atoms with Crippen LogP contribution >= 0.6 is 0 Å². The van der Waals surface area contributed by atoms with Crippen LogP contribution < -0.4 is 0 Å². The third kappa shape index (κ3) is 4.37. The number of fused-ring (bicyclic) bond motifs is 10. The first-order valence-electron chi connectivity index (χ1n) is 19.4. The van der Waals surface area contributed by atoms with Crippen LogP contribution in [0.2, 0.25) is 0 Å². The van der Waals surface area contributed by atoms with Crippen molar-refractivity contribution in [1.82, 2.24) is 0 Å². The molecule has 11 aromatic rings. The molecule has 0 aliphatic carbocycles. The fourth-order valence-electron chi connectivity index (χ4n) is 9.63. The van der Waals surface area contributed by atoms with Crippen LogP contribution in [0.15, 0.2) is 146 Å². The topological polar surface area (TPSA) is 0 Å². The largest absolute Gasteiger partial charge is 0.0616 e. The van der Waals surface area contributed by atoms with E-state index in [0.29, 0.717) is 0 Å². The second-order valence-electron chi connectivity index (χ2n) is 17.7. The molecule has 0 heteroatoms. The summed E-state index contributed by atoms with van der Waals surface area (Å²) in [4.78, 5) is 0. The minimum absolute atomic E-state index is 0.00749. The van der Waals surface area contributed by atoms with Crippen molar-refractivity contribution in [2.75, 3.05) is 0 Å². The van der Waals surface area contributed by atoms with Gasteiger partial charge in [0.05, 0.1) is 0 Å². The summed E-state index contributed by atoms with van der Waals surface area (Å²) in [5, 5.41) is 21.3. The Morgan fingerprint density at radius 1 is 0.278 bits per heavy atom. The van der Waals surface area contributed by atoms with Crippen LogP contribution in [0.25, 0.3) is 108 Å². The van der Waals surface area contributed by atoms with Gasteiger partial charge in [0.15, 0.2) is 0 Å². The van der Waals surface area contributed by atoms with E-state index < -0.39 is 0 Å². The molecule has 54 heavy (non-hydrogen) atoms. The van der Waals surface area contributed by atoms with Crippen molar-refractivity contribution in [1.29, 1.82) is 0 Å². The highest BCUT2D eigenvalue weighted by Gasteiger charge is 2.23. The highest BCUT2D eigenvalue weighted by Crippen LogP contribution is 2.50. The van der Waals surface area contributed by atoms with Crippen molar-refractivity contribution in [2.24, 2.45) is 0 Å². The van der Waals surface area contributed by atoms with Crippen LogP contribution in [0.1, 0.15) is 52.7 Å². The maximum absolute atomic E-state index is 2.51. The first-order chi connectivity index (χ1) is 26.0. The normalized spacial score (nSPS) is 13.0. The van der Waals surface area contributed by atoms with Crippen molar-refractivity contribution < 1.29 is 0 Å². The van der Waals surface area contributed by atoms with Crippen LogP contribution in [0, 0.1) is 0 Å². The quantitative estimate of drug-likeness (QED) is 0.158. The maximum atomic E-state index is 2.51. The van der Waals surface area contributed by atoms with Gasteiger partial charge in [-0.3, -0.25) is 0 Å². The molecule has 0 nitrogen and oxygen atoms in total. The Bertz CT molecular complexity index is 3300. The Morgan fingerprint density at radius 2 is 0.815 bits per heavy atom. The van der Waals surface area contributed by atoms with E-state index in [1.807, 2.05) is 0 Å². The zero-order valence-corrected chi connectivity index (χ0v) is 31.9. The molecule has 0 saturated heterocycles. The van der Waals surface area contributed by atoms with Gasteiger partial charge in [0.1, 0.15) is 0 Å². The van der Waals surface area contributed by atoms with Gasteiger partial charge in [-0.25, -0.2) is 0 Å². The molecule has 0 amide bonds. The fourth-order valence-corrected chi connectivity index (χ4v) is 9.63. The molecular formula is C54H42. The van der Waals surface area contributed by atoms with Crippen LogP contribution in [0.3, 0.4) is 0 Å². The monoisotopic (exact) mass is 690 g/mol. The van der Waals surface area contributed by atoms with Crippen LogP contribution in [-0.2, 0) is 10.8 Å². The molecule has 0 aliphatic heterocycles. The molecule has 0 unspecified atom stereocenters. The summed E-state index contributed by atoms with van der Waals surface area (Å²) in [5.74, 6) is 0. The molecule has 0 bridgehead atoms. The molecule has 258 valence electrons. The lowest BCUT2D eigenvalue weighted by molar-refractivity contribution is 0.590. The molecule has 11 aromatic carbocycles. The van der Waals surface area contributed by atoms with Gasteiger partial charge in [0, 0.05) is 0 Å². The molecule has 0 heterocycles. The van der Waals surface area contributed by atoms with E-state index in [4.69, 9.17) is 0 Å². The molecule has 0 aromatic heterocycles. The summed E-state index contributed by atoms with van der Waals surface area (Å²) in [6.07, 6.45) is 0. The molecule has 0 saturated carbocycles. The predicted molar refractivity (Wildman–Crippen MR) is 237 cm³/mol. The summed E-state index contributed by atoms with van der Waals surface area (Å²) >= 11 is 0. The second-order valence-corrected chi connectivity index (χ2v) is 17.7. The molecule has 0 spiro atoms. The van der Waals surface area contributed by atoms with Crippen molar-refractivity contribution in [3.63, 3.8) is 0 Å². The average molecular weight is 691 g/mol. The van der Waals surface area contributed by atoms with Crippen molar-refractivity contribution in [2.45, 2.75) is 52.4 Å². The van der Waals surface area contributed by atoms with Gasteiger partial charge in [-0.2, -0.15) is 0 Å². The van der Waals surface area contributed by atoms with Gasteiger partial charge in [-0.1, -0.05) is 163 Å². The van der Waals surface area contributed by atoms with E-state index in [0.717, 1.165) is 0 Å². The zero-order valence-electron chi connectivity index (χ0n) is 31.9. The first kappa shape index (κ1) is 31.5. The molecule has 0 radical (unpaired) electrons. The van der Waals surface area contributed by atoms with Crippen molar-refractivity contribution in [3.05, 3.63) is 157 Å². The minimum atomic E-state index is 0.00749. The van der Waals surface area contributed by atoms with E-state index in [1.165, 1.54) is 120 Å². The lowest BCUT2D eigenvalue weighted by Crippen LogP contribution is -2.11. The summed E-state index contributed by atoms with van der Waals surface area (Å²) in [5.41, 5.74) is 7.93. The molecule has 0 aliphatic rings. The summed E-state index contributed by atoms with van der Waals surface area (Å²) in [6.45, 7) is 13.8. The van der Waals surface area contributed by atoms with Crippen molar-refractivity contribution in [3.8, 4) is 22.3 Å². The minimum Gasteiger partial charge on any atom is -0.0616 e. The lowest BCUT2D eigenvalue weighted by atomic mass is 9.81. The molecule has 0 fully saturated rings. The lowest BCUT2D eigenvalue weighted by Gasteiger charge is -2.23. The highest BCUT2D eigenvalue weighted by molar-refractivity contribution is 6.39. The Hall–Kier alpha value is -5.98. The first-order valence-corrected chi connectivity index (χ1v) is 19.4. The summed E-state index contributed by atoms with van der Waals surface area (Å²) < 4.78 is 0. The van der Waals surface area contributed by atoms with E-state index in [9.17, 15) is 0 Å². The Kier molecular flexibility index (Phi) is 6.31. The van der Waals surface area contributed by atoms with E-state index in [2.05, 4.69) is 187 Å². The smallest absolute Gasteiger partial charge is 0.00137 e. The van der Waals surface area contributed by atoms with Gasteiger partial charge >= 0.3 is 0 Å². The van der Waals surface area contributed by atoms with Gasteiger partial charge < -0.3 is 0 Å². The van der Waals surface area contributed by atoms with Gasteiger partial charge in [-0.15, -0.1) is 0 Å². The number of hydrogen-bond acceptors (Lipinski definition) is 0. The average Bonchev–Trinajstić information content (AvgIpc) is 3.67. The molecular weight excluding hydrogens is 649 g/mol. The van der Waals surface area contributed by atoms with Crippen molar-refractivity contribution >= 4 is 86.2 Å². The zero-order chi connectivity index (χ0) is 36.7. The molecule has 11 rings (SSSR count). The van der Waals surface area contributed by atoms with Gasteiger partial charge in [0.25, 0.3) is 0 Å². The third-order valence-corrected chi connectivity index (χ3v) is 12.5. The predicted octanol–water partition coefficient (Wildman–Crippen LogP) is 15.7. The third-order valence-electron chi connectivity index (χ3n) is 12.5. The fraction of sp³-hybridized carbons (Fsp3) is 0.148. The number of hydrogen-bond donors (Lipinski definition) is 0. The Morgan fingerprint density at radius 3 is 1.52 bits per heavy atom. The van der Waals surface area contributed by atoms with Crippen LogP contribution in [0.4, 0.5) is 0 Å². The summed E-state index contributed by atoms with van der Waals surface area (Å²) in [6, 6.07) is 56.1. The van der Waals surface area contributed by atoms with E-state index in [-0.39, 0.29) is 10.8 Å². The number of rotatable bonds is 2. The maximum Gasteiger partial charge on any atom is -0.00137 e. The Balaban J connectivity index is 1.29. The van der Waals surface area contributed by atoms with Crippen LogP contribution in [-0.4, -0.2) is 0 Å². The van der Waals surface area contributed by atoms with E-state index >= 15 is 0 Å². The van der Waals surface area contributed by atoms with Gasteiger partial charge in [-0.05, 0) is 155 Å². The molecule has 0 atom stereocenters. The van der Waals surface area contributed by atoms with Gasteiger partial charge in [0.2, 0.25) is 0 Å². The number of benzene rings is 9. The molecule has 0 N–H and O–H groups in total.